The van der Waals surface area contributed by atoms with E-state index in [1.165, 1.54) is 12.1 Å². The number of benzene rings is 3. The van der Waals surface area contributed by atoms with Crippen LogP contribution in [-0.4, -0.2) is 45.1 Å². The molecule has 3 aromatic rings. The Labute approximate surface area is 261 Å². The highest BCUT2D eigenvalue weighted by molar-refractivity contribution is 5.99. The summed E-state index contributed by atoms with van der Waals surface area (Å²) < 4.78 is 5.54. The van der Waals surface area contributed by atoms with E-state index in [1.54, 1.807) is 37.8 Å². The van der Waals surface area contributed by atoms with Crippen LogP contribution < -0.4 is 10.6 Å². The van der Waals surface area contributed by atoms with E-state index in [1.807, 2.05) is 84.0 Å². The molecule has 0 aliphatic carbocycles. The fourth-order valence-electron chi connectivity index (χ4n) is 5.13. The monoisotopic (exact) mass is 601 g/mol. The lowest BCUT2D eigenvalue weighted by atomic mass is 9.90. The summed E-state index contributed by atoms with van der Waals surface area (Å²) in [6, 6.07) is 17.8. The molecule has 0 bridgehead atoms. The molecule has 0 aromatic heterocycles. The molecule has 0 saturated heterocycles. The molecule has 0 spiro atoms. The quantitative estimate of drug-likeness (QED) is 0.229. The Hall–Kier alpha value is -4.33. The number of para-hydroxylation sites is 1. The van der Waals surface area contributed by atoms with Crippen molar-refractivity contribution < 1.29 is 24.2 Å². The lowest BCUT2D eigenvalue weighted by Gasteiger charge is -2.44. The van der Waals surface area contributed by atoms with Gasteiger partial charge < -0.3 is 25.4 Å². The molecule has 236 valence electrons. The average Bonchev–Trinajstić information content (AvgIpc) is 2.91. The summed E-state index contributed by atoms with van der Waals surface area (Å²) in [5, 5.41) is 15.7. The van der Waals surface area contributed by atoms with Crippen LogP contribution >= 0.6 is 0 Å². The maximum atomic E-state index is 14.9. The van der Waals surface area contributed by atoms with Crippen LogP contribution in [0.3, 0.4) is 0 Å². The van der Waals surface area contributed by atoms with Gasteiger partial charge in [0.25, 0.3) is 5.91 Å². The number of nitrogens with zero attached hydrogens (tertiary/aromatic N) is 1. The molecule has 3 N–H and O–H groups in total. The number of carbonyl (C=O) groups excluding carboxylic acids is 3. The topological polar surface area (TPSA) is 108 Å². The van der Waals surface area contributed by atoms with E-state index in [2.05, 4.69) is 10.6 Å². The van der Waals surface area contributed by atoms with Crippen molar-refractivity contribution in [3.05, 3.63) is 94.5 Å². The Balaban J connectivity index is 2.18. The second-order valence-electron chi connectivity index (χ2n) is 13.1. The maximum absolute atomic E-state index is 14.9. The van der Waals surface area contributed by atoms with Gasteiger partial charge in [-0.1, -0.05) is 66.6 Å². The van der Waals surface area contributed by atoms with Crippen LogP contribution in [0, 0.1) is 20.8 Å². The Morgan fingerprint density at radius 3 is 2.02 bits per heavy atom. The van der Waals surface area contributed by atoms with E-state index in [9.17, 15) is 19.5 Å². The normalized spacial score (nSPS) is 13.0. The Bertz CT molecular complexity index is 1450. The molecular weight excluding hydrogens is 554 g/mol. The molecule has 3 aromatic carbocycles. The van der Waals surface area contributed by atoms with Crippen LogP contribution in [0.15, 0.2) is 66.7 Å². The largest absolute Gasteiger partial charge is 0.508 e. The highest BCUT2D eigenvalue weighted by atomic mass is 16.6. The van der Waals surface area contributed by atoms with E-state index in [4.69, 9.17) is 4.74 Å². The Morgan fingerprint density at radius 1 is 0.886 bits per heavy atom. The van der Waals surface area contributed by atoms with Crippen molar-refractivity contribution >= 4 is 23.6 Å². The zero-order valence-corrected chi connectivity index (χ0v) is 27.4. The van der Waals surface area contributed by atoms with Crippen LogP contribution in [0.5, 0.6) is 5.75 Å². The first-order valence-electron chi connectivity index (χ1n) is 15.1. The fourth-order valence-corrected chi connectivity index (χ4v) is 5.13. The highest BCUT2D eigenvalue weighted by Gasteiger charge is 2.43. The van der Waals surface area contributed by atoms with E-state index in [0.717, 1.165) is 22.3 Å². The van der Waals surface area contributed by atoms with Crippen molar-refractivity contribution in [3.63, 3.8) is 0 Å². The van der Waals surface area contributed by atoms with E-state index in [0.29, 0.717) is 17.7 Å². The number of phenolic OH excluding ortho intramolecular Hbond substituents is 1. The molecule has 0 heterocycles. The van der Waals surface area contributed by atoms with Crippen LogP contribution in [-0.2, 0) is 20.7 Å². The summed E-state index contributed by atoms with van der Waals surface area (Å²) in [7, 11) is 0. The van der Waals surface area contributed by atoms with Crippen molar-refractivity contribution in [1.82, 2.24) is 10.2 Å². The number of rotatable bonds is 10. The molecule has 0 aliphatic heterocycles. The van der Waals surface area contributed by atoms with Gasteiger partial charge in [0, 0.05) is 17.6 Å². The molecule has 0 saturated carbocycles. The number of hydrogen-bond acceptors (Lipinski definition) is 5. The standard InChI is InChI=1S/C36H47N3O5/c1-10-36(8,9)39(33(42)30(38-34(43)44-35(5,6)7)22-26-15-17-28(40)18-16-26)31(27-20-23(2)19-24(3)21-27)32(41)37-29-14-12-11-13-25(29)4/h11-21,30-31,40H,10,22H2,1-9H3,(H,37,41)(H,38,43). The van der Waals surface area contributed by atoms with Gasteiger partial charge >= 0.3 is 6.09 Å². The number of hydrogen-bond donors (Lipinski definition) is 3. The number of amides is 3. The van der Waals surface area contributed by atoms with Crippen molar-refractivity contribution in [2.75, 3.05) is 5.32 Å². The van der Waals surface area contributed by atoms with Crippen molar-refractivity contribution in [2.45, 2.75) is 98.4 Å². The minimum Gasteiger partial charge on any atom is -0.508 e. The predicted octanol–water partition coefficient (Wildman–Crippen LogP) is 7.15. The number of aryl methyl sites for hydroxylation is 3. The molecule has 3 rings (SSSR count). The molecular formula is C36H47N3O5. The van der Waals surface area contributed by atoms with Crippen molar-refractivity contribution in [3.8, 4) is 5.75 Å². The van der Waals surface area contributed by atoms with Gasteiger partial charge in [-0.15, -0.1) is 0 Å². The lowest BCUT2D eigenvalue weighted by molar-refractivity contribution is -0.147. The second-order valence-corrected chi connectivity index (χ2v) is 13.1. The minimum atomic E-state index is -1.07. The van der Waals surface area contributed by atoms with Gasteiger partial charge in [-0.25, -0.2) is 4.79 Å². The number of anilines is 1. The van der Waals surface area contributed by atoms with Gasteiger partial charge in [0.15, 0.2) is 0 Å². The van der Waals surface area contributed by atoms with Crippen molar-refractivity contribution in [1.29, 1.82) is 0 Å². The predicted molar refractivity (Wildman–Crippen MR) is 175 cm³/mol. The minimum absolute atomic E-state index is 0.0910. The number of nitrogens with one attached hydrogen (secondary N) is 2. The number of carbonyl (C=O) groups is 3. The Morgan fingerprint density at radius 2 is 1.48 bits per heavy atom. The molecule has 0 fully saturated rings. The van der Waals surface area contributed by atoms with Gasteiger partial charge in [-0.05, 0) is 96.7 Å². The SMILES string of the molecule is CCC(C)(C)N(C(=O)C(Cc1ccc(O)cc1)NC(=O)OC(C)(C)C)C(C(=O)Nc1ccccc1C)c1cc(C)cc(C)c1. The third-order valence-corrected chi connectivity index (χ3v) is 7.59. The lowest BCUT2D eigenvalue weighted by Crippen LogP contribution is -2.59. The van der Waals surface area contributed by atoms with E-state index >= 15 is 0 Å². The molecule has 3 amide bonds. The number of aromatic hydroxyl groups is 1. The number of alkyl carbamates (subject to hydrolysis) is 1. The molecule has 44 heavy (non-hydrogen) atoms. The second kappa shape index (κ2) is 14.0. The molecule has 8 nitrogen and oxygen atoms in total. The van der Waals surface area contributed by atoms with Crippen LogP contribution in [0.2, 0.25) is 0 Å². The summed E-state index contributed by atoms with van der Waals surface area (Å²) in [5.41, 5.74) is 3.28. The first-order chi connectivity index (χ1) is 20.5. The van der Waals surface area contributed by atoms with Crippen molar-refractivity contribution in [2.24, 2.45) is 0 Å². The average molecular weight is 602 g/mol. The van der Waals surface area contributed by atoms with Crippen LogP contribution in [0.4, 0.5) is 10.5 Å². The van der Waals surface area contributed by atoms with Gasteiger partial charge in [0.2, 0.25) is 5.91 Å². The molecule has 8 heteroatoms. The first-order valence-corrected chi connectivity index (χ1v) is 15.1. The summed E-state index contributed by atoms with van der Waals surface area (Å²) in [5.74, 6) is -0.701. The van der Waals surface area contributed by atoms with Gasteiger partial charge in [-0.2, -0.15) is 0 Å². The molecule has 2 atom stereocenters. The number of phenols is 1. The van der Waals surface area contributed by atoms with Crippen LogP contribution in [0.1, 0.15) is 81.8 Å². The molecule has 0 aliphatic rings. The maximum Gasteiger partial charge on any atom is 0.408 e. The fraction of sp³-hybridized carbons (Fsp3) is 0.417. The molecule has 2 unspecified atom stereocenters. The summed E-state index contributed by atoms with van der Waals surface area (Å²) >= 11 is 0. The third-order valence-electron chi connectivity index (χ3n) is 7.59. The van der Waals surface area contributed by atoms with E-state index in [-0.39, 0.29) is 18.1 Å². The molecule has 0 radical (unpaired) electrons. The highest BCUT2D eigenvalue weighted by Crippen LogP contribution is 2.34. The summed E-state index contributed by atoms with van der Waals surface area (Å²) in [6.07, 6.45) is -0.0832. The van der Waals surface area contributed by atoms with E-state index < -0.39 is 35.2 Å². The number of ether oxygens (including phenoxy) is 1. The van der Waals surface area contributed by atoms with Gasteiger partial charge in [0.05, 0.1) is 0 Å². The summed E-state index contributed by atoms with van der Waals surface area (Å²) in [6.45, 7) is 16.9. The third kappa shape index (κ3) is 9.09. The smallest absolute Gasteiger partial charge is 0.408 e. The van der Waals surface area contributed by atoms with Gasteiger partial charge in [-0.3, -0.25) is 9.59 Å². The Kier molecular flexibility index (Phi) is 10.8. The zero-order valence-electron chi connectivity index (χ0n) is 27.4. The van der Waals surface area contributed by atoms with Crippen LogP contribution in [0.25, 0.3) is 0 Å². The van der Waals surface area contributed by atoms with Gasteiger partial charge in [0.1, 0.15) is 23.4 Å². The summed E-state index contributed by atoms with van der Waals surface area (Å²) in [4.78, 5) is 43.9. The first kappa shape index (κ1) is 34.2. The zero-order chi connectivity index (χ0) is 32.8.